The zero-order valence-electron chi connectivity index (χ0n) is 18.9. The zero-order chi connectivity index (χ0) is 21.7. The molecule has 0 N–H and O–H groups in total. The van der Waals surface area contributed by atoms with E-state index in [1.807, 2.05) is 0 Å². The zero-order valence-corrected chi connectivity index (χ0v) is 18.9. The summed E-state index contributed by atoms with van der Waals surface area (Å²) in [6.45, 7) is 8.30. The van der Waals surface area contributed by atoms with Gasteiger partial charge in [-0.15, -0.1) is 0 Å². The number of rotatable bonds is 5. The molecule has 0 aromatic heterocycles. The van der Waals surface area contributed by atoms with Crippen LogP contribution in [0, 0.1) is 5.41 Å². The molecule has 162 valence electrons. The summed E-state index contributed by atoms with van der Waals surface area (Å²) >= 11 is 0. The molecule has 2 fully saturated rings. The fourth-order valence-electron chi connectivity index (χ4n) is 5.04. The normalized spacial score (nSPS) is 20.8. The van der Waals surface area contributed by atoms with Crippen LogP contribution in [0.1, 0.15) is 57.1 Å². The first-order valence-corrected chi connectivity index (χ1v) is 11.6. The number of aliphatic imine (C=N–C) groups is 1. The summed E-state index contributed by atoms with van der Waals surface area (Å²) in [6.07, 6.45) is 4.41. The first-order valence-electron chi connectivity index (χ1n) is 11.6. The molecule has 3 heteroatoms. The highest BCUT2D eigenvalue weighted by Crippen LogP contribution is 2.33. The molecule has 0 amide bonds. The molecule has 0 bridgehead atoms. The molecule has 1 heterocycles. The molecule has 0 unspecified atom stereocenters. The Morgan fingerprint density at radius 1 is 0.903 bits per heavy atom. The summed E-state index contributed by atoms with van der Waals surface area (Å²) in [6, 6.07) is 21.6. The van der Waals surface area contributed by atoms with Gasteiger partial charge in [0.1, 0.15) is 5.78 Å². The molecule has 1 saturated heterocycles. The number of hydrogen-bond acceptors (Lipinski definition) is 3. The summed E-state index contributed by atoms with van der Waals surface area (Å²) in [5.74, 6) is 0.345. The van der Waals surface area contributed by atoms with Gasteiger partial charge in [0.25, 0.3) is 0 Å². The van der Waals surface area contributed by atoms with Crippen molar-refractivity contribution in [3.63, 3.8) is 0 Å². The fraction of sp³-hybridized carbons (Fsp3) is 0.429. The maximum Gasteiger partial charge on any atom is 0.139 e. The molecule has 2 aromatic rings. The third-order valence-corrected chi connectivity index (χ3v) is 6.45. The van der Waals surface area contributed by atoms with Crippen LogP contribution in [0.2, 0.25) is 0 Å². The third-order valence-electron chi connectivity index (χ3n) is 6.45. The van der Waals surface area contributed by atoms with E-state index in [9.17, 15) is 4.79 Å². The van der Waals surface area contributed by atoms with Gasteiger partial charge in [-0.3, -0.25) is 9.79 Å². The molecule has 3 nitrogen and oxygen atoms in total. The summed E-state index contributed by atoms with van der Waals surface area (Å²) in [7, 11) is 0. The van der Waals surface area contributed by atoms with Crippen LogP contribution in [0.25, 0.3) is 5.57 Å². The molecular formula is C28H34N2O. The Balaban J connectivity index is 1.40. The second-order valence-electron chi connectivity index (χ2n) is 9.73. The Morgan fingerprint density at radius 2 is 1.48 bits per heavy atom. The van der Waals surface area contributed by atoms with Crippen molar-refractivity contribution in [1.82, 2.24) is 4.90 Å². The van der Waals surface area contributed by atoms with Gasteiger partial charge in [-0.1, -0.05) is 80.1 Å². The summed E-state index contributed by atoms with van der Waals surface area (Å²) in [5, 5.41) is 0. The van der Waals surface area contributed by atoms with Crippen LogP contribution in [0.4, 0.5) is 0 Å². The number of carbonyl (C=O) groups excluding carboxylic acids is 1. The number of benzene rings is 2. The molecule has 2 aliphatic rings. The van der Waals surface area contributed by atoms with E-state index < -0.39 is 0 Å². The SMILES string of the molecule is CC1(C)CC(=O)CC(=NCCN2CCC(=C(c3ccccc3)c3ccccc3)CC2)C1. The first-order chi connectivity index (χ1) is 15.0. The van der Waals surface area contributed by atoms with Gasteiger partial charge in [-0.25, -0.2) is 0 Å². The maximum atomic E-state index is 12.0. The average molecular weight is 415 g/mol. The predicted octanol–water partition coefficient (Wildman–Crippen LogP) is 5.80. The highest BCUT2D eigenvalue weighted by Gasteiger charge is 2.30. The van der Waals surface area contributed by atoms with Crippen molar-refractivity contribution >= 4 is 17.1 Å². The Labute approximate surface area is 186 Å². The lowest BCUT2D eigenvalue weighted by Gasteiger charge is -2.31. The van der Waals surface area contributed by atoms with E-state index in [0.717, 1.165) is 51.2 Å². The highest BCUT2D eigenvalue weighted by molar-refractivity contribution is 6.04. The number of hydrogen-bond donors (Lipinski definition) is 0. The van der Waals surface area contributed by atoms with Crippen molar-refractivity contribution in [1.29, 1.82) is 0 Å². The van der Waals surface area contributed by atoms with Gasteiger partial charge < -0.3 is 4.90 Å². The number of carbonyl (C=O) groups is 1. The lowest BCUT2D eigenvalue weighted by molar-refractivity contribution is -0.120. The topological polar surface area (TPSA) is 32.7 Å². The number of likely N-dealkylation sites (tertiary alicyclic amines) is 1. The second-order valence-corrected chi connectivity index (χ2v) is 9.73. The van der Waals surface area contributed by atoms with E-state index in [0.29, 0.717) is 18.6 Å². The van der Waals surface area contributed by atoms with Crippen molar-refractivity contribution < 1.29 is 4.79 Å². The number of piperidine rings is 1. The van der Waals surface area contributed by atoms with Crippen molar-refractivity contribution in [2.45, 2.75) is 46.0 Å². The van der Waals surface area contributed by atoms with Crippen molar-refractivity contribution in [2.24, 2.45) is 10.4 Å². The van der Waals surface area contributed by atoms with Gasteiger partial charge in [0.2, 0.25) is 0 Å². The monoisotopic (exact) mass is 414 g/mol. The van der Waals surface area contributed by atoms with E-state index in [1.165, 1.54) is 16.7 Å². The van der Waals surface area contributed by atoms with E-state index in [1.54, 1.807) is 5.57 Å². The minimum atomic E-state index is 0.0737. The predicted molar refractivity (Wildman–Crippen MR) is 130 cm³/mol. The van der Waals surface area contributed by atoms with Crippen LogP contribution in [-0.2, 0) is 4.79 Å². The van der Waals surface area contributed by atoms with Crippen molar-refractivity contribution in [2.75, 3.05) is 26.2 Å². The van der Waals surface area contributed by atoms with Crippen LogP contribution in [0.3, 0.4) is 0 Å². The molecule has 4 rings (SSSR count). The quantitative estimate of drug-likeness (QED) is 0.619. The number of ketones is 1. The largest absolute Gasteiger partial charge is 0.301 e. The smallest absolute Gasteiger partial charge is 0.139 e. The second kappa shape index (κ2) is 9.74. The molecule has 1 aliphatic heterocycles. The Morgan fingerprint density at radius 3 is 2.03 bits per heavy atom. The van der Waals surface area contributed by atoms with Crippen LogP contribution in [-0.4, -0.2) is 42.6 Å². The molecule has 2 aromatic carbocycles. The standard InChI is InChI=1S/C28H34N2O/c1-28(2)20-25(19-26(31)21-28)29-15-18-30-16-13-24(14-17-30)27(22-9-5-3-6-10-22)23-11-7-4-8-12-23/h3-12H,13-21H2,1-2H3. The van der Waals surface area contributed by atoms with Crippen LogP contribution < -0.4 is 0 Å². The van der Waals surface area contributed by atoms with Gasteiger partial charge in [0.15, 0.2) is 0 Å². The van der Waals surface area contributed by atoms with Gasteiger partial charge in [0, 0.05) is 38.2 Å². The number of nitrogens with zero attached hydrogens (tertiary/aromatic N) is 2. The maximum absolute atomic E-state index is 12.0. The van der Waals surface area contributed by atoms with Crippen LogP contribution in [0.5, 0.6) is 0 Å². The molecule has 0 atom stereocenters. The average Bonchev–Trinajstić information content (AvgIpc) is 2.75. The summed E-state index contributed by atoms with van der Waals surface area (Å²) in [5.41, 5.74) is 6.77. The molecule has 0 spiro atoms. The Bertz CT molecular complexity index is 906. The fourth-order valence-corrected chi connectivity index (χ4v) is 5.04. The Kier molecular flexibility index (Phi) is 6.82. The minimum Gasteiger partial charge on any atom is -0.301 e. The van der Waals surface area contributed by atoms with Crippen molar-refractivity contribution in [3.8, 4) is 0 Å². The lowest BCUT2D eigenvalue weighted by atomic mass is 9.76. The molecule has 31 heavy (non-hydrogen) atoms. The molecular weight excluding hydrogens is 380 g/mol. The molecule has 0 radical (unpaired) electrons. The van der Waals surface area contributed by atoms with Crippen LogP contribution >= 0.6 is 0 Å². The van der Waals surface area contributed by atoms with Gasteiger partial charge >= 0.3 is 0 Å². The number of Topliss-reactive ketones (excluding diaryl/α,β-unsaturated/α-hetero) is 1. The third kappa shape index (κ3) is 5.80. The molecule has 1 aliphatic carbocycles. The Hall–Kier alpha value is -2.52. The highest BCUT2D eigenvalue weighted by atomic mass is 16.1. The van der Waals surface area contributed by atoms with E-state index in [-0.39, 0.29) is 5.41 Å². The van der Waals surface area contributed by atoms with Crippen molar-refractivity contribution in [3.05, 3.63) is 77.4 Å². The van der Waals surface area contributed by atoms with Gasteiger partial charge in [-0.05, 0) is 41.4 Å². The van der Waals surface area contributed by atoms with Gasteiger partial charge in [0.05, 0.1) is 6.54 Å². The van der Waals surface area contributed by atoms with Gasteiger partial charge in [-0.2, -0.15) is 0 Å². The summed E-state index contributed by atoms with van der Waals surface area (Å²) < 4.78 is 0. The van der Waals surface area contributed by atoms with E-state index in [2.05, 4.69) is 79.4 Å². The molecule has 1 saturated carbocycles. The summed E-state index contributed by atoms with van der Waals surface area (Å²) in [4.78, 5) is 19.3. The first kappa shape index (κ1) is 21.7. The van der Waals surface area contributed by atoms with Crippen LogP contribution in [0.15, 0.2) is 71.2 Å². The lowest BCUT2D eigenvalue weighted by Crippen LogP contribution is -2.34. The van der Waals surface area contributed by atoms with E-state index in [4.69, 9.17) is 4.99 Å². The van der Waals surface area contributed by atoms with E-state index >= 15 is 0 Å². The minimum absolute atomic E-state index is 0.0737.